The molecule has 3 aromatic rings. The van der Waals surface area contributed by atoms with Gasteiger partial charge in [-0.1, -0.05) is 49.7 Å². The van der Waals surface area contributed by atoms with E-state index in [1.165, 1.54) is 13.2 Å². The van der Waals surface area contributed by atoms with Crippen molar-refractivity contribution in [1.82, 2.24) is 0 Å². The molecule has 0 radical (unpaired) electrons. The summed E-state index contributed by atoms with van der Waals surface area (Å²) < 4.78 is 37.2. The third-order valence-electron chi connectivity index (χ3n) is 5.04. The molecule has 0 aliphatic heterocycles. The molecule has 0 aromatic heterocycles. The first-order valence-electron chi connectivity index (χ1n) is 10.6. The normalized spacial score (nSPS) is 11.2. The number of halogens is 1. The summed E-state index contributed by atoms with van der Waals surface area (Å²) in [5.74, 6) is 1.04. The van der Waals surface area contributed by atoms with E-state index in [9.17, 15) is 13.2 Å². The number of carbonyl (C=O) groups excluding carboxylic acids is 1. The molecule has 0 saturated heterocycles. The maximum absolute atomic E-state index is 12.9. The van der Waals surface area contributed by atoms with Crippen LogP contribution in [0.2, 0.25) is 5.02 Å². The van der Waals surface area contributed by atoms with Gasteiger partial charge in [0.15, 0.2) is 17.2 Å². The predicted octanol–water partition coefficient (Wildman–Crippen LogP) is 5.67. The molecular formula is C25H27ClN2O5S. The number of para-hydroxylation sites is 2. The minimum absolute atomic E-state index is 0.298. The monoisotopic (exact) mass is 502 g/mol. The lowest BCUT2D eigenvalue weighted by Gasteiger charge is -2.23. The minimum Gasteiger partial charge on any atom is -0.493 e. The van der Waals surface area contributed by atoms with Crippen molar-refractivity contribution in [1.29, 1.82) is 0 Å². The second-order valence-corrected chi connectivity index (χ2v) is 10.3. The summed E-state index contributed by atoms with van der Waals surface area (Å²) in [5, 5.41) is 3.10. The lowest BCUT2D eigenvalue weighted by molar-refractivity contribution is -0.114. The highest BCUT2D eigenvalue weighted by Gasteiger charge is 2.22. The Hall–Kier alpha value is -3.23. The van der Waals surface area contributed by atoms with Crippen LogP contribution in [0, 0.1) is 0 Å². The standard InChI is InChI=1S/C25H27ClN2O5S/c1-17(2)18-9-12-20(13-10-18)28(34(4,30)31)16-25(29)27-21-15-19(26)11-14-22(21)33-24-8-6-5-7-23(24)32-3/h5-15,17H,16H2,1-4H3,(H,27,29). The number of nitrogens with one attached hydrogen (secondary N) is 1. The Morgan fingerprint density at radius 1 is 1.00 bits per heavy atom. The number of methoxy groups -OCH3 is 1. The van der Waals surface area contributed by atoms with Gasteiger partial charge in [0.1, 0.15) is 6.54 Å². The molecule has 34 heavy (non-hydrogen) atoms. The average molecular weight is 503 g/mol. The number of ether oxygens (including phenoxy) is 2. The fourth-order valence-electron chi connectivity index (χ4n) is 3.26. The SMILES string of the molecule is COc1ccccc1Oc1ccc(Cl)cc1NC(=O)CN(c1ccc(C(C)C)cc1)S(C)(=O)=O. The van der Waals surface area contributed by atoms with Gasteiger partial charge in [0.2, 0.25) is 15.9 Å². The number of hydrogen-bond donors (Lipinski definition) is 1. The van der Waals surface area contributed by atoms with E-state index in [1.807, 2.05) is 32.0 Å². The molecule has 0 fully saturated rings. The van der Waals surface area contributed by atoms with Crippen molar-refractivity contribution in [2.45, 2.75) is 19.8 Å². The van der Waals surface area contributed by atoms with Gasteiger partial charge in [-0.3, -0.25) is 9.10 Å². The van der Waals surface area contributed by atoms with Crippen molar-refractivity contribution >= 4 is 38.9 Å². The second-order valence-electron chi connectivity index (χ2n) is 7.96. The lowest BCUT2D eigenvalue weighted by atomic mass is 10.0. The van der Waals surface area contributed by atoms with E-state index in [-0.39, 0.29) is 0 Å². The zero-order chi connectivity index (χ0) is 24.9. The molecule has 0 atom stereocenters. The quantitative estimate of drug-likeness (QED) is 0.407. The Morgan fingerprint density at radius 3 is 2.24 bits per heavy atom. The Kier molecular flexibility index (Phi) is 8.06. The highest BCUT2D eigenvalue weighted by Crippen LogP contribution is 2.36. The molecule has 0 heterocycles. The first-order valence-corrected chi connectivity index (χ1v) is 12.8. The molecule has 3 rings (SSSR count). The van der Waals surface area contributed by atoms with Gasteiger partial charge < -0.3 is 14.8 Å². The number of anilines is 2. The molecule has 3 aromatic carbocycles. The first-order chi connectivity index (χ1) is 16.1. The Bertz CT molecular complexity index is 1260. The molecule has 0 aliphatic carbocycles. The molecule has 0 unspecified atom stereocenters. The fraction of sp³-hybridized carbons (Fsp3) is 0.240. The molecule has 180 valence electrons. The molecule has 0 saturated carbocycles. The summed E-state index contributed by atoms with van der Waals surface area (Å²) >= 11 is 6.14. The molecule has 7 nitrogen and oxygen atoms in total. The van der Waals surface area contributed by atoms with Gasteiger partial charge >= 0.3 is 0 Å². The van der Waals surface area contributed by atoms with Gasteiger partial charge in [0.25, 0.3) is 0 Å². The largest absolute Gasteiger partial charge is 0.493 e. The van der Waals surface area contributed by atoms with E-state index in [0.717, 1.165) is 16.1 Å². The maximum atomic E-state index is 12.9. The molecular weight excluding hydrogens is 476 g/mol. The van der Waals surface area contributed by atoms with Crippen molar-refractivity contribution in [2.75, 3.05) is 29.5 Å². The number of hydrogen-bond acceptors (Lipinski definition) is 5. The van der Waals surface area contributed by atoms with Crippen molar-refractivity contribution in [2.24, 2.45) is 0 Å². The minimum atomic E-state index is -3.72. The van der Waals surface area contributed by atoms with Gasteiger partial charge in [-0.2, -0.15) is 0 Å². The molecule has 1 amide bonds. The van der Waals surface area contributed by atoms with Gasteiger partial charge in [-0.15, -0.1) is 0 Å². The topological polar surface area (TPSA) is 84.9 Å². The van der Waals surface area contributed by atoms with Gasteiger partial charge in [-0.05, 0) is 53.9 Å². The highest BCUT2D eigenvalue weighted by molar-refractivity contribution is 7.92. The van der Waals surface area contributed by atoms with Crippen LogP contribution in [0.5, 0.6) is 17.2 Å². The number of sulfonamides is 1. The summed E-state index contributed by atoms with van der Waals surface area (Å²) in [4.78, 5) is 12.9. The first kappa shape index (κ1) is 25.4. The van der Waals surface area contributed by atoms with Gasteiger partial charge in [0.05, 0.1) is 24.7 Å². The number of amides is 1. The summed E-state index contributed by atoms with van der Waals surface area (Å²) in [6.45, 7) is 3.68. The van der Waals surface area contributed by atoms with Crippen LogP contribution >= 0.6 is 11.6 Å². The summed E-state index contributed by atoms with van der Waals surface area (Å²) in [5.41, 5.74) is 1.77. The van der Waals surface area contributed by atoms with Crippen LogP contribution in [0.15, 0.2) is 66.7 Å². The van der Waals surface area contributed by atoms with Crippen molar-refractivity contribution in [3.05, 3.63) is 77.3 Å². The highest BCUT2D eigenvalue weighted by atomic mass is 35.5. The molecule has 0 bridgehead atoms. The molecule has 0 aliphatic rings. The van der Waals surface area contributed by atoms with Crippen LogP contribution in [-0.4, -0.2) is 34.2 Å². The van der Waals surface area contributed by atoms with E-state index in [0.29, 0.717) is 39.6 Å². The lowest BCUT2D eigenvalue weighted by Crippen LogP contribution is -2.37. The maximum Gasteiger partial charge on any atom is 0.245 e. The average Bonchev–Trinajstić information content (AvgIpc) is 2.79. The number of nitrogens with zero attached hydrogens (tertiary/aromatic N) is 1. The van der Waals surface area contributed by atoms with Crippen molar-refractivity contribution in [3.8, 4) is 17.2 Å². The van der Waals surface area contributed by atoms with Gasteiger partial charge in [-0.25, -0.2) is 8.42 Å². The zero-order valence-corrected chi connectivity index (χ0v) is 21.0. The van der Waals surface area contributed by atoms with Crippen LogP contribution in [0.4, 0.5) is 11.4 Å². The van der Waals surface area contributed by atoms with Crippen LogP contribution in [0.25, 0.3) is 0 Å². The van der Waals surface area contributed by atoms with Gasteiger partial charge in [0, 0.05) is 5.02 Å². The second kappa shape index (κ2) is 10.8. The van der Waals surface area contributed by atoms with Crippen LogP contribution in [0.3, 0.4) is 0 Å². The molecule has 9 heteroatoms. The van der Waals surface area contributed by atoms with E-state index < -0.39 is 22.5 Å². The Labute approximate surface area is 205 Å². The summed E-state index contributed by atoms with van der Waals surface area (Å²) in [6.07, 6.45) is 1.06. The summed E-state index contributed by atoms with van der Waals surface area (Å²) in [7, 11) is -2.19. The Morgan fingerprint density at radius 2 is 1.65 bits per heavy atom. The van der Waals surface area contributed by atoms with Crippen LogP contribution in [-0.2, 0) is 14.8 Å². The van der Waals surface area contributed by atoms with E-state index in [4.69, 9.17) is 21.1 Å². The molecule has 0 spiro atoms. The molecule has 1 N–H and O–H groups in total. The third kappa shape index (κ3) is 6.42. The van der Waals surface area contributed by atoms with Crippen LogP contribution < -0.4 is 19.1 Å². The predicted molar refractivity (Wildman–Crippen MR) is 136 cm³/mol. The Balaban J connectivity index is 1.84. The smallest absolute Gasteiger partial charge is 0.245 e. The van der Waals surface area contributed by atoms with Crippen molar-refractivity contribution < 1.29 is 22.7 Å². The number of rotatable bonds is 9. The fourth-order valence-corrected chi connectivity index (χ4v) is 4.28. The van der Waals surface area contributed by atoms with E-state index >= 15 is 0 Å². The van der Waals surface area contributed by atoms with Crippen molar-refractivity contribution in [3.63, 3.8) is 0 Å². The number of benzene rings is 3. The van der Waals surface area contributed by atoms with Crippen LogP contribution in [0.1, 0.15) is 25.3 Å². The van der Waals surface area contributed by atoms with E-state index in [2.05, 4.69) is 5.32 Å². The summed E-state index contributed by atoms with van der Waals surface area (Å²) in [6, 6.07) is 18.9. The third-order valence-corrected chi connectivity index (χ3v) is 6.42. The zero-order valence-electron chi connectivity index (χ0n) is 19.4. The van der Waals surface area contributed by atoms with E-state index in [1.54, 1.807) is 42.5 Å². The number of carbonyl (C=O) groups is 1.